The van der Waals surface area contributed by atoms with Gasteiger partial charge in [-0.1, -0.05) is 0 Å². The number of benzene rings is 1. The molecule has 2 amide bonds. The summed E-state index contributed by atoms with van der Waals surface area (Å²) in [6.07, 6.45) is 0.237. The van der Waals surface area contributed by atoms with Crippen molar-refractivity contribution in [3.63, 3.8) is 0 Å². The van der Waals surface area contributed by atoms with Gasteiger partial charge in [0.05, 0.1) is 0 Å². The Balaban J connectivity index is 2.35. The molecule has 92 valence electrons. The molecule has 17 heavy (non-hydrogen) atoms. The molecule has 0 aliphatic carbocycles. The number of amides is 2. The fourth-order valence-corrected chi connectivity index (χ4v) is 1.28. The largest absolute Gasteiger partial charge is 0.356 e. The van der Waals surface area contributed by atoms with Crippen molar-refractivity contribution in [2.45, 2.75) is 13.3 Å². The van der Waals surface area contributed by atoms with Gasteiger partial charge in [-0.2, -0.15) is 0 Å². The molecule has 0 heterocycles. The Bertz CT molecular complexity index is 390. The second kappa shape index (κ2) is 6.62. The quantitative estimate of drug-likeness (QED) is 0.806. The van der Waals surface area contributed by atoms with E-state index in [1.165, 1.54) is 24.3 Å². The van der Waals surface area contributed by atoms with Gasteiger partial charge in [-0.3, -0.25) is 9.59 Å². The van der Waals surface area contributed by atoms with Gasteiger partial charge in [-0.15, -0.1) is 0 Å². The van der Waals surface area contributed by atoms with Gasteiger partial charge in [0.2, 0.25) is 5.91 Å². The first-order chi connectivity index (χ1) is 8.13. The Labute approximate surface area is 99.2 Å². The highest BCUT2D eigenvalue weighted by molar-refractivity contribution is 5.94. The topological polar surface area (TPSA) is 58.2 Å². The monoisotopic (exact) mass is 238 g/mol. The van der Waals surface area contributed by atoms with E-state index >= 15 is 0 Å². The summed E-state index contributed by atoms with van der Waals surface area (Å²) < 4.78 is 12.6. The molecule has 0 unspecified atom stereocenters. The maximum Gasteiger partial charge on any atom is 0.251 e. The minimum atomic E-state index is -0.385. The summed E-state index contributed by atoms with van der Waals surface area (Å²) in [5, 5.41) is 5.21. The Morgan fingerprint density at radius 2 is 1.82 bits per heavy atom. The van der Waals surface area contributed by atoms with Gasteiger partial charge in [-0.25, -0.2) is 4.39 Å². The third-order valence-electron chi connectivity index (χ3n) is 2.12. The van der Waals surface area contributed by atoms with Crippen LogP contribution < -0.4 is 10.6 Å². The second-order valence-corrected chi connectivity index (χ2v) is 3.47. The normalized spacial score (nSPS) is 9.76. The van der Waals surface area contributed by atoms with E-state index in [0.717, 1.165) is 0 Å². The van der Waals surface area contributed by atoms with Crippen molar-refractivity contribution in [1.29, 1.82) is 0 Å². The van der Waals surface area contributed by atoms with Crippen LogP contribution in [0.2, 0.25) is 0 Å². The molecule has 0 atom stereocenters. The summed E-state index contributed by atoms with van der Waals surface area (Å²) in [5.41, 5.74) is 0.377. The lowest BCUT2D eigenvalue weighted by Crippen LogP contribution is -2.30. The van der Waals surface area contributed by atoms with E-state index in [-0.39, 0.29) is 30.6 Å². The van der Waals surface area contributed by atoms with Gasteiger partial charge in [-0.05, 0) is 31.2 Å². The maximum absolute atomic E-state index is 12.6. The predicted octanol–water partition coefficient (Wildman–Crippen LogP) is 1.08. The molecule has 0 bridgehead atoms. The lowest BCUT2D eigenvalue weighted by Gasteiger charge is -2.05. The van der Waals surface area contributed by atoms with Crippen molar-refractivity contribution < 1.29 is 14.0 Å². The number of nitrogens with one attached hydrogen (secondary N) is 2. The molecule has 1 rings (SSSR count). The number of hydrogen-bond acceptors (Lipinski definition) is 2. The first-order valence-electron chi connectivity index (χ1n) is 5.44. The Kier molecular flexibility index (Phi) is 5.13. The molecule has 5 heteroatoms. The summed E-state index contributed by atoms with van der Waals surface area (Å²) in [5.74, 6) is -0.801. The highest BCUT2D eigenvalue weighted by Gasteiger charge is 2.05. The van der Waals surface area contributed by atoms with Crippen LogP contribution in [0.3, 0.4) is 0 Å². The van der Waals surface area contributed by atoms with Crippen LogP contribution in [0, 0.1) is 5.82 Å². The fraction of sp³-hybridized carbons (Fsp3) is 0.333. The Hall–Kier alpha value is -1.91. The average molecular weight is 238 g/mol. The molecule has 4 nitrogen and oxygen atoms in total. The first kappa shape index (κ1) is 13.2. The van der Waals surface area contributed by atoms with Crippen molar-refractivity contribution in [3.8, 4) is 0 Å². The molecule has 0 aliphatic rings. The number of halogens is 1. The van der Waals surface area contributed by atoms with Gasteiger partial charge >= 0.3 is 0 Å². The summed E-state index contributed by atoms with van der Waals surface area (Å²) in [4.78, 5) is 22.6. The van der Waals surface area contributed by atoms with Gasteiger partial charge in [0, 0.05) is 25.1 Å². The number of carbonyl (C=O) groups is 2. The average Bonchev–Trinajstić information content (AvgIpc) is 2.30. The highest BCUT2D eigenvalue weighted by Crippen LogP contribution is 2.02. The zero-order chi connectivity index (χ0) is 12.7. The molecule has 0 spiro atoms. The van der Waals surface area contributed by atoms with Crippen molar-refractivity contribution in [1.82, 2.24) is 10.6 Å². The zero-order valence-electron chi connectivity index (χ0n) is 9.63. The molecule has 0 fully saturated rings. The van der Waals surface area contributed by atoms with Crippen molar-refractivity contribution in [3.05, 3.63) is 35.6 Å². The highest BCUT2D eigenvalue weighted by atomic mass is 19.1. The number of hydrogen-bond donors (Lipinski definition) is 2. The molecule has 1 aromatic rings. The van der Waals surface area contributed by atoms with Crippen molar-refractivity contribution in [2.75, 3.05) is 13.1 Å². The van der Waals surface area contributed by atoms with Crippen LogP contribution >= 0.6 is 0 Å². The zero-order valence-corrected chi connectivity index (χ0v) is 9.63. The SMILES string of the molecule is CCNC(=O)CCNC(=O)c1ccc(F)cc1. The third kappa shape index (κ3) is 4.63. The van der Waals surface area contributed by atoms with Crippen LogP contribution in [0.4, 0.5) is 4.39 Å². The second-order valence-electron chi connectivity index (χ2n) is 3.47. The molecule has 0 saturated heterocycles. The van der Waals surface area contributed by atoms with Crippen LogP contribution in [0.15, 0.2) is 24.3 Å². The van der Waals surface area contributed by atoms with E-state index in [0.29, 0.717) is 12.1 Å². The molecular weight excluding hydrogens is 223 g/mol. The fourth-order valence-electron chi connectivity index (χ4n) is 1.28. The van der Waals surface area contributed by atoms with Crippen LogP contribution in [-0.2, 0) is 4.79 Å². The van der Waals surface area contributed by atoms with Crippen LogP contribution in [0.5, 0.6) is 0 Å². The number of carbonyl (C=O) groups excluding carboxylic acids is 2. The third-order valence-corrected chi connectivity index (χ3v) is 2.12. The predicted molar refractivity (Wildman–Crippen MR) is 62.0 cm³/mol. The van der Waals surface area contributed by atoms with Crippen LogP contribution in [-0.4, -0.2) is 24.9 Å². The van der Waals surface area contributed by atoms with Crippen LogP contribution in [0.1, 0.15) is 23.7 Å². The minimum Gasteiger partial charge on any atom is -0.356 e. The smallest absolute Gasteiger partial charge is 0.251 e. The Morgan fingerprint density at radius 1 is 1.18 bits per heavy atom. The van der Waals surface area contributed by atoms with Gasteiger partial charge < -0.3 is 10.6 Å². The van der Waals surface area contributed by atoms with Crippen molar-refractivity contribution >= 4 is 11.8 Å². The van der Waals surface area contributed by atoms with E-state index in [1.807, 2.05) is 6.92 Å². The van der Waals surface area contributed by atoms with Gasteiger partial charge in [0.25, 0.3) is 5.91 Å². The summed E-state index contributed by atoms with van der Waals surface area (Å²) in [6.45, 7) is 2.67. The molecule has 0 radical (unpaired) electrons. The molecule has 2 N–H and O–H groups in total. The Morgan fingerprint density at radius 3 is 2.41 bits per heavy atom. The first-order valence-corrected chi connectivity index (χ1v) is 5.44. The van der Waals surface area contributed by atoms with E-state index in [2.05, 4.69) is 10.6 Å². The molecule has 0 saturated carbocycles. The van der Waals surface area contributed by atoms with E-state index in [9.17, 15) is 14.0 Å². The molecular formula is C12H15FN2O2. The standard InChI is InChI=1S/C12H15FN2O2/c1-2-14-11(16)7-8-15-12(17)9-3-5-10(13)6-4-9/h3-6H,2,7-8H2,1H3,(H,14,16)(H,15,17). The van der Waals surface area contributed by atoms with Gasteiger partial charge in [0.1, 0.15) is 5.82 Å². The van der Waals surface area contributed by atoms with Crippen LogP contribution in [0.25, 0.3) is 0 Å². The van der Waals surface area contributed by atoms with E-state index in [4.69, 9.17) is 0 Å². The van der Waals surface area contributed by atoms with E-state index in [1.54, 1.807) is 0 Å². The lowest BCUT2D eigenvalue weighted by molar-refractivity contribution is -0.120. The maximum atomic E-state index is 12.6. The minimum absolute atomic E-state index is 0.105. The summed E-state index contributed by atoms with van der Waals surface area (Å²) in [6, 6.07) is 5.24. The number of rotatable bonds is 5. The summed E-state index contributed by atoms with van der Waals surface area (Å²) in [7, 11) is 0. The molecule has 1 aromatic carbocycles. The molecule has 0 aliphatic heterocycles. The van der Waals surface area contributed by atoms with Crippen molar-refractivity contribution in [2.24, 2.45) is 0 Å². The summed E-state index contributed by atoms with van der Waals surface area (Å²) >= 11 is 0. The van der Waals surface area contributed by atoms with Gasteiger partial charge in [0.15, 0.2) is 0 Å². The van der Waals surface area contributed by atoms with E-state index < -0.39 is 0 Å². The lowest BCUT2D eigenvalue weighted by atomic mass is 10.2. The molecule has 0 aromatic heterocycles.